The minimum atomic E-state index is -3.90. The highest BCUT2D eigenvalue weighted by molar-refractivity contribution is 7.92. The molecule has 0 radical (unpaired) electrons. The van der Waals surface area contributed by atoms with Gasteiger partial charge >= 0.3 is 0 Å². The van der Waals surface area contributed by atoms with Crippen LogP contribution in [0.25, 0.3) is 22.2 Å². The molecule has 0 unspecified atom stereocenters. The van der Waals surface area contributed by atoms with Crippen molar-refractivity contribution in [3.05, 3.63) is 77.6 Å². The first-order chi connectivity index (χ1) is 12.9. The van der Waals surface area contributed by atoms with E-state index in [2.05, 4.69) is 14.9 Å². The quantitative estimate of drug-likeness (QED) is 0.514. The minimum Gasteiger partial charge on any atom is -0.280 e. The summed E-state index contributed by atoms with van der Waals surface area (Å²) in [6, 6.07) is 17.2. The molecule has 3 aromatic carbocycles. The number of halogens is 2. The maximum Gasteiger partial charge on any atom is 0.261 e. The summed E-state index contributed by atoms with van der Waals surface area (Å²) in [5.74, 6) is -0.619. The Morgan fingerprint density at radius 2 is 1.81 bits per heavy atom. The van der Waals surface area contributed by atoms with Crippen molar-refractivity contribution in [2.45, 2.75) is 4.90 Å². The van der Waals surface area contributed by atoms with Crippen molar-refractivity contribution in [2.75, 3.05) is 4.72 Å². The molecule has 0 saturated carbocycles. The number of hydrogen-bond donors (Lipinski definition) is 2. The molecule has 27 heavy (non-hydrogen) atoms. The third-order valence-electron chi connectivity index (χ3n) is 4.05. The van der Waals surface area contributed by atoms with Crippen molar-refractivity contribution < 1.29 is 12.8 Å². The van der Waals surface area contributed by atoms with E-state index in [1.54, 1.807) is 24.3 Å². The number of hydrogen-bond acceptors (Lipinski definition) is 3. The van der Waals surface area contributed by atoms with Gasteiger partial charge in [-0.3, -0.25) is 9.82 Å². The highest BCUT2D eigenvalue weighted by Gasteiger charge is 2.16. The Bertz CT molecular complexity index is 1250. The number of nitrogens with one attached hydrogen (secondary N) is 2. The van der Waals surface area contributed by atoms with Gasteiger partial charge in [0.25, 0.3) is 10.0 Å². The molecule has 8 heteroatoms. The highest BCUT2D eigenvalue weighted by Crippen LogP contribution is 2.32. The van der Waals surface area contributed by atoms with Crippen molar-refractivity contribution in [2.24, 2.45) is 0 Å². The normalized spacial score (nSPS) is 11.6. The first kappa shape index (κ1) is 17.5. The summed E-state index contributed by atoms with van der Waals surface area (Å²) in [4.78, 5) is -0.149. The number of rotatable bonds is 4. The molecule has 0 spiro atoms. The molecule has 0 aliphatic heterocycles. The molecule has 0 saturated heterocycles. The molecule has 0 fully saturated rings. The average Bonchev–Trinajstić information content (AvgIpc) is 3.05. The van der Waals surface area contributed by atoms with Gasteiger partial charge in [-0.1, -0.05) is 35.9 Å². The number of anilines is 1. The van der Waals surface area contributed by atoms with Crippen molar-refractivity contribution in [3.63, 3.8) is 0 Å². The van der Waals surface area contributed by atoms with Crippen LogP contribution in [0.3, 0.4) is 0 Å². The number of nitrogens with zero attached hydrogens (tertiary/aromatic N) is 1. The fourth-order valence-electron chi connectivity index (χ4n) is 2.79. The van der Waals surface area contributed by atoms with Crippen LogP contribution in [-0.2, 0) is 10.0 Å². The van der Waals surface area contributed by atoms with Crippen molar-refractivity contribution >= 4 is 38.2 Å². The molecule has 0 atom stereocenters. The molecule has 4 rings (SSSR count). The second-order valence-electron chi connectivity index (χ2n) is 5.88. The lowest BCUT2D eigenvalue weighted by Crippen LogP contribution is -2.13. The van der Waals surface area contributed by atoms with Crippen molar-refractivity contribution in [1.82, 2.24) is 10.2 Å². The zero-order valence-electron chi connectivity index (χ0n) is 13.8. The molecule has 1 heterocycles. The largest absolute Gasteiger partial charge is 0.280 e. The zero-order valence-corrected chi connectivity index (χ0v) is 15.4. The lowest BCUT2D eigenvalue weighted by Gasteiger charge is -2.08. The average molecular weight is 402 g/mol. The summed E-state index contributed by atoms with van der Waals surface area (Å²) in [6.07, 6.45) is 0. The van der Waals surface area contributed by atoms with Gasteiger partial charge in [-0.2, -0.15) is 5.10 Å². The lowest BCUT2D eigenvalue weighted by molar-refractivity contribution is 0.595. The molecule has 2 N–H and O–H groups in total. The van der Waals surface area contributed by atoms with E-state index in [9.17, 15) is 12.8 Å². The number of benzene rings is 3. The standard InChI is InChI=1S/C19H13ClFN3O2S/c20-17-7-2-1-6-15(17)19-16-9-8-13(11-18(16)22-23-19)24-27(25,26)14-5-3-4-12(21)10-14/h1-11,24H,(H,22,23). The summed E-state index contributed by atoms with van der Waals surface area (Å²) in [5.41, 5.74) is 2.43. The van der Waals surface area contributed by atoms with E-state index in [4.69, 9.17) is 11.6 Å². The third-order valence-corrected chi connectivity index (χ3v) is 5.76. The molecule has 4 aromatic rings. The zero-order chi connectivity index (χ0) is 19.0. The number of sulfonamides is 1. The first-order valence-corrected chi connectivity index (χ1v) is 9.81. The fourth-order valence-corrected chi connectivity index (χ4v) is 4.10. The number of H-pyrrole nitrogens is 1. The molecule has 0 aliphatic rings. The van der Waals surface area contributed by atoms with E-state index in [1.807, 2.05) is 18.2 Å². The molecule has 1 aromatic heterocycles. The van der Waals surface area contributed by atoms with Crippen LogP contribution in [-0.4, -0.2) is 18.6 Å². The van der Waals surface area contributed by atoms with E-state index in [-0.39, 0.29) is 4.90 Å². The molecule has 136 valence electrons. The van der Waals surface area contributed by atoms with Gasteiger partial charge in [-0.25, -0.2) is 12.8 Å². The first-order valence-electron chi connectivity index (χ1n) is 7.95. The summed E-state index contributed by atoms with van der Waals surface area (Å²) in [5, 5.41) is 8.56. The number of fused-ring (bicyclic) bond motifs is 1. The van der Waals surface area contributed by atoms with Gasteiger partial charge in [0.15, 0.2) is 0 Å². The van der Waals surface area contributed by atoms with E-state index < -0.39 is 15.8 Å². The Hall–Kier alpha value is -2.90. The molecule has 0 aliphatic carbocycles. The van der Waals surface area contributed by atoms with E-state index >= 15 is 0 Å². The topological polar surface area (TPSA) is 74.8 Å². The lowest BCUT2D eigenvalue weighted by atomic mass is 10.1. The van der Waals surface area contributed by atoms with Crippen LogP contribution < -0.4 is 4.72 Å². The summed E-state index contributed by atoms with van der Waals surface area (Å²) < 4.78 is 40.7. The van der Waals surface area contributed by atoms with Gasteiger partial charge in [0.05, 0.1) is 21.1 Å². The van der Waals surface area contributed by atoms with Gasteiger partial charge in [0.1, 0.15) is 11.5 Å². The van der Waals surface area contributed by atoms with Crippen LogP contribution in [0.4, 0.5) is 10.1 Å². The summed E-state index contributed by atoms with van der Waals surface area (Å²) in [6.45, 7) is 0. The Morgan fingerprint density at radius 1 is 1.00 bits per heavy atom. The Balaban J connectivity index is 1.70. The van der Waals surface area contributed by atoms with Gasteiger partial charge in [0, 0.05) is 10.9 Å². The predicted octanol–water partition coefficient (Wildman–Crippen LogP) is 4.82. The Morgan fingerprint density at radius 3 is 2.59 bits per heavy atom. The van der Waals surface area contributed by atoms with Crippen LogP contribution in [0.1, 0.15) is 0 Å². The van der Waals surface area contributed by atoms with Crippen LogP contribution >= 0.6 is 11.6 Å². The van der Waals surface area contributed by atoms with Crippen LogP contribution in [0, 0.1) is 5.82 Å². The number of aromatic nitrogens is 2. The monoisotopic (exact) mass is 401 g/mol. The summed E-state index contributed by atoms with van der Waals surface area (Å²) in [7, 11) is -3.90. The molecular formula is C19H13ClFN3O2S. The van der Waals surface area contributed by atoms with Crippen LogP contribution in [0.5, 0.6) is 0 Å². The second kappa shape index (κ2) is 6.68. The summed E-state index contributed by atoms with van der Waals surface area (Å²) >= 11 is 6.24. The van der Waals surface area contributed by atoms with Gasteiger partial charge in [0.2, 0.25) is 0 Å². The van der Waals surface area contributed by atoms with Gasteiger partial charge in [-0.15, -0.1) is 0 Å². The molecule has 0 amide bonds. The third kappa shape index (κ3) is 3.39. The second-order valence-corrected chi connectivity index (χ2v) is 7.96. The predicted molar refractivity (Wildman–Crippen MR) is 104 cm³/mol. The van der Waals surface area contributed by atoms with Crippen molar-refractivity contribution in [3.8, 4) is 11.3 Å². The maximum atomic E-state index is 13.3. The molecule has 0 bridgehead atoms. The molecular weight excluding hydrogens is 389 g/mol. The Kier molecular flexibility index (Phi) is 4.33. The van der Waals surface area contributed by atoms with Crippen LogP contribution in [0.2, 0.25) is 5.02 Å². The van der Waals surface area contributed by atoms with Gasteiger partial charge in [-0.05, 0) is 42.5 Å². The van der Waals surface area contributed by atoms with Gasteiger partial charge < -0.3 is 0 Å². The van der Waals surface area contributed by atoms with E-state index in [1.165, 1.54) is 18.2 Å². The van der Waals surface area contributed by atoms with E-state index in [0.717, 1.165) is 17.0 Å². The maximum absolute atomic E-state index is 13.3. The fraction of sp³-hybridized carbons (Fsp3) is 0. The smallest absolute Gasteiger partial charge is 0.261 e. The minimum absolute atomic E-state index is 0.149. The van der Waals surface area contributed by atoms with Crippen LogP contribution in [0.15, 0.2) is 71.6 Å². The Labute approximate surface area is 159 Å². The highest BCUT2D eigenvalue weighted by atomic mass is 35.5. The number of aromatic amines is 1. The van der Waals surface area contributed by atoms with E-state index in [0.29, 0.717) is 21.9 Å². The molecule has 5 nitrogen and oxygen atoms in total. The van der Waals surface area contributed by atoms with Crippen molar-refractivity contribution in [1.29, 1.82) is 0 Å². The SMILES string of the molecule is O=S(=O)(Nc1ccc2c(-c3ccccc3Cl)n[nH]c2c1)c1cccc(F)c1.